The van der Waals surface area contributed by atoms with Gasteiger partial charge < -0.3 is 15.0 Å². The molecule has 2 heterocycles. The van der Waals surface area contributed by atoms with Gasteiger partial charge in [-0.2, -0.15) is 0 Å². The summed E-state index contributed by atoms with van der Waals surface area (Å²) in [6.45, 7) is 7.53. The molecular formula is C22H27N5O4. The Morgan fingerprint density at radius 3 is 2.58 bits per heavy atom. The molecule has 0 spiro atoms. The van der Waals surface area contributed by atoms with Gasteiger partial charge in [-0.1, -0.05) is 20.8 Å². The van der Waals surface area contributed by atoms with Crippen molar-refractivity contribution in [2.75, 3.05) is 23.9 Å². The molecular weight excluding hydrogens is 398 g/mol. The number of carbonyl (C=O) groups is 1. The van der Waals surface area contributed by atoms with Crippen molar-refractivity contribution in [2.45, 2.75) is 46.1 Å². The average Bonchev–Trinajstić information content (AvgIpc) is 2.96. The third kappa shape index (κ3) is 4.04. The van der Waals surface area contributed by atoms with E-state index in [1.54, 1.807) is 24.3 Å². The molecule has 2 aromatic rings. The van der Waals surface area contributed by atoms with Gasteiger partial charge in [-0.15, -0.1) is 0 Å². The molecule has 1 aromatic carbocycles. The zero-order valence-corrected chi connectivity index (χ0v) is 18.2. The topological polar surface area (TPSA) is 110 Å². The molecule has 2 fully saturated rings. The fourth-order valence-corrected chi connectivity index (χ4v) is 5.49. The van der Waals surface area contributed by atoms with Crippen molar-refractivity contribution in [3.63, 3.8) is 0 Å². The van der Waals surface area contributed by atoms with E-state index in [1.807, 2.05) is 0 Å². The molecule has 1 N–H and O–H groups in total. The lowest BCUT2D eigenvalue weighted by Gasteiger charge is -2.39. The number of fused-ring (bicyclic) bond motifs is 2. The van der Waals surface area contributed by atoms with E-state index in [0.29, 0.717) is 17.1 Å². The number of hydrogen-bond acceptors (Lipinski definition) is 8. The fraction of sp³-hybridized carbons (Fsp3) is 0.500. The number of carbonyl (C=O) groups excluding carboxylic acids is 1. The Kier molecular flexibility index (Phi) is 5.07. The van der Waals surface area contributed by atoms with Gasteiger partial charge in [0.05, 0.1) is 17.6 Å². The lowest BCUT2D eigenvalue weighted by atomic mass is 9.65. The normalized spacial score (nSPS) is 24.0. The third-order valence-electron chi connectivity index (χ3n) is 6.24. The number of nitrogens with zero attached hydrogens (tertiary/aromatic N) is 4. The third-order valence-corrected chi connectivity index (χ3v) is 6.24. The van der Waals surface area contributed by atoms with E-state index in [0.717, 1.165) is 25.8 Å². The number of rotatable bonds is 5. The number of nitrogens with one attached hydrogen (secondary N) is 1. The van der Waals surface area contributed by atoms with Crippen molar-refractivity contribution < 1.29 is 14.5 Å². The van der Waals surface area contributed by atoms with Crippen molar-refractivity contribution in [3.8, 4) is 0 Å². The Labute approximate surface area is 181 Å². The molecule has 9 nitrogen and oxygen atoms in total. The van der Waals surface area contributed by atoms with Crippen LogP contribution in [0.4, 0.5) is 23.0 Å². The summed E-state index contributed by atoms with van der Waals surface area (Å²) in [5.41, 5.74) is 1.15. The first-order chi connectivity index (χ1) is 14.6. The maximum Gasteiger partial charge on any atom is 0.353 e. The first kappa shape index (κ1) is 21.0. The summed E-state index contributed by atoms with van der Waals surface area (Å²) in [4.78, 5) is 33.9. The van der Waals surface area contributed by atoms with E-state index in [1.165, 1.54) is 13.4 Å². The van der Waals surface area contributed by atoms with Crippen molar-refractivity contribution in [1.82, 2.24) is 9.97 Å². The van der Waals surface area contributed by atoms with E-state index in [2.05, 4.69) is 41.0 Å². The smallest absolute Gasteiger partial charge is 0.353 e. The van der Waals surface area contributed by atoms with Gasteiger partial charge in [0.25, 0.3) is 0 Å². The van der Waals surface area contributed by atoms with Crippen LogP contribution in [0.2, 0.25) is 0 Å². The quantitative estimate of drug-likeness (QED) is 0.428. The van der Waals surface area contributed by atoms with Crippen molar-refractivity contribution in [2.24, 2.45) is 10.8 Å². The molecule has 2 bridgehead atoms. The number of anilines is 3. The Bertz CT molecular complexity index is 1020. The average molecular weight is 425 g/mol. The highest BCUT2D eigenvalue weighted by molar-refractivity contribution is 5.90. The van der Waals surface area contributed by atoms with Gasteiger partial charge in [0, 0.05) is 18.3 Å². The molecule has 0 amide bonds. The predicted octanol–water partition coefficient (Wildman–Crippen LogP) is 4.32. The molecule has 2 atom stereocenters. The Morgan fingerprint density at radius 1 is 1.23 bits per heavy atom. The number of methoxy groups -OCH3 is 1. The first-order valence-electron chi connectivity index (χ1n) is 10.3. The second-order valence-corrected chi connectivity index (χ2v) is 9.69. The molecule has 4 rings (SSSR count). The standard InChI is InChI=1S/C22H27N5O4/c1-21(2)9-16-10-22(3,11-21)12-26(16)19-17(27(29)30)18(23-13-24-19)25-15-7-5-14(6-8-15)20(28)31-4/h5-8,13,16H,9-12H2,1-4H3,(H,23,24,25). The van der Waals surface area contributed by atoms with Crippen molar-refractivity contribution in [1.29, 1.82) is 0 Å². The second kappa shape index (κ2) is 7.47. The lowest BCUT2D eigenvalue weighted by Crippen LogP contribution is -2.35. The molecule has 1 aromatic heterocycles. The molecule has 1 aliphatic heterocycles. The largest absolute Gasteiger partial charge is 0.465 e. The molecule has 0 radical (unpaired) electrons. The zero-order chi connectivity index (χ0) is 22.4. The summed E-state index contributed by atoms with van der Waals surface area (Å²) in [6.07, 6.45) is 4.43. The Morgan fingerprint density at radius 2 is 1.94 bits per heavy atom. The summed E-state index contributed by atoms with van der Waals surface area (Å²) in [7, 11) is 1.31. The summed E-state index contributed by atoms with van der Waals surface area (Å²) < 4.78 is 4.70. The maximum absolute atomic E-state index is 12.1. The van der Waals surface area contributed by atoms with Crippen molar-refractivity contribution in [3.05, 3.63) is 46.3 Å². The molecule has 2 aliphatic rings. The fourth-order valence-electron chi connectivity index (χ4n) is 5.49. The van der Waals surface area contributed by atoms with Crippen LogP contribution in [-0.2, 0) is 4.74 Å². The van der Waals surface area contributed by atoms with E-state index < -0.39 is 10.9 Å². The van der Waals surface area contributed by atoms with E-state index in [9.17, 15) is 14.9 Å². The number of esters is 1. The minimum atomic E-state index is -0.446. The van der Waals surface area contributed by atoms with Crippen LogP contribution in [0.15, 0.2) is 30.6 Å². The van der Waals surface area contributed by atoms with Gasteiger partial charge in [-0.05, 0) is 54.4 Å². The highest BCUT2D eigenvalue weighted by atomic mass is 16.6. The number of aromatic nitrogens is 2. The van der Waals surface area contributed by atoms with E-state index >= 15 is 0 Å². The van der Waals surface area contributed by atoms with Crippen LogP contribution in [-0.4, -0.2) is 40.6 Å². The number of nitro groups is 1. The van der Waals surface area contributed by atoms with Gasteiger partial charge in [0.2, 0.25) is 11.6 Å². The molecule has 1 saturated heterocycles. The molecule has 1 aliphatic carbocycles. The van der Waals surface area contributed by atoms with Crippen LogP contribution in [0.1, 0.15) is 50.4 Å². The maximum atomic E-state index is 12.1. The number of benzene rings is 1. The highest BCUT2D eigenvalue weighted by Gasteiger charge is 2.51. The van der Waals surface area contributed by atoms with E-state index in [-0.39, 0.29) is 28.4 Å². The summed E-state index contributed by atoms with van der Waals surface area (Å²) >= 11 is 0. The van der Waals surface area contributed by atoms with Crippen LogP contribution in [0, 0.1) is 20.9 Å². The van der Waals surface area contributed by atoms with Gasteiger partial charge >= 0.3 is 11.7 Å². The number of hydrogen-bond donors (Lipinski definition) is 1. The highest BCUT2D eigenvalue weighted by Crippen LogP contribution is 2.54. The Balaban J connectivity index is 1.67. The predicted molar refractivity (Wildman–Crippen MR) is 117 cm³/mol. The first-order valence-corrected chi connectivity index (χ1v) is 10.3. The minimum Gasteiger partial charge on any atom is -0.465 e. The minimum absolute atomic E-state index is 0.114. The Hall–Kier alpha value is -3.23. The van der Waals surface area contributed by atoms with Gasteiger partial charge in [0.15, 0.2) is 0 Å². The van der Waals surface area contributed by atoms with Crippen LogP contribution >= 0.6 is 0 Å². The lowest BCUT2D eigenvalue weighted by molar-refractivity contribution is -0.383. The summed E-state index contributed by atoms with van der Waals surface area (Å²) in [5, 5.41) is 15.1. The van der Waals surface area contributed by atoms with Crippen LogP contribution in [0.5, 0.6) is 0 Å². The molecule has 9 heteroatoms. The molecule has 1 saturated carbocycles. The monoisotopic (exact) mass is 425 g/mol. The van der Waals surface area contributed by atoms with Crippen LogP contribution in [0.25, 0.3) is 0 Å². The van der Waals surface area contributed by atoms with Crippen LogP contribution < -0.4 is 10.2 Å². The van der Waals surface area contributed by atoms with Gasteiger partial charge in [-0.3, -0.25) is 10.1 Å². The second-order valence-electron chi connectivity index (χ2n) is 9.69. The molecule has 2 unspecified atom stereocenters. The van der Waals surface area contributed by atoms with Gasteiger partial charge in [-0.25, -0.2) is 14.8 Å². The summed E-state index contributed by atoms with van der Waals surface area (Å²) in [5.74, 6) is 0.0465. The van der Waals surface area contributed by atoms with Crippen molar-refractivity contribution >= 4 is 29.0 Å². The summed E-state index contributed by atoms with van der Waals surface area (Å²) in [6, 6.07) is 6.71. The van der Waals surface area contributed by atoms with E-state index in [4.69, 9.17) is 4.74 Å². The molecule has 31 heavy (non-hydrogen) atoms. The molecule has 164 valence electrons. The number of ether oxygens (including phenoxy) is 1. The van der Waals surface area contributed by atoms with Gasteiger partial charge in [0.1, 0.15) is 6.33 Å². The van der Waals surface area contributed by atoms with Crippen LogP contribution in [0.3, 0.4) is 0 Å². The zero-order valence-electron chi connectivity index (χ0n) is 18.2. The SMILES string of the molecule is COC(=O)c1ccc(Nc2ncnc(N3CC4(C)CC3CC(C)(C)C4)c2[N+](=O)[O-])cc1.